The van der Waals surface area contributed by atoms with Crippen molar-refractivity contribution in [2.45, 2.75) is 18.9 Å². The minimum atomic E-state index is 0.0434. The van der Waals surface area contributed by atoms with E-state index in [2.05, 4.69) is 17.1 Å². The highest BCUT2D eigenvalue weighted by Crippen LogP contribution is 2.24. The molecule has 2 aromatic carbocycles. The molecule has 1 heterocycles. The average Bonchev–Trinajstić information content (AvgIpc) is 2.89. The molecule has 0 bridgehead atoms. The summed E-state index contributed by atoms with van der Waals surface area (Å²) >= 11 is 1.72. The fraction of sp³-hybridized carbons (Fsp3) is 0.235. The van der Waals surface area contributed by atoms with Crippen LogP contribution >= 0.6 is 11.3 Å². The third-order valence-corrected chi connectivity index (χ3v) is 4.51. The standard InChI is InChI=1S/C17H18N2OS/c1-20-15-8-4-2-6-12(15)10-13(18)11-17-19-14-7-3-5-9-16(14)21-17/h2-9,13H,10-11,18H2,1H3. The molecule has 0 aliphatic rings. The fourth-order valence-corrected chi connectivity index (χ4v) is 3.52. The van der Waals surface area contributed by atoms with E-state index >= 15 is 0 Å². The van der Waals surface area contributed by atoms with Gasteiger partial charge in [-0.2, -0.15) is 0 Å². The van der Waals surface area contributed by atoms with Crippen LogP contribution in [0.15, 0.2) is 48.5 Å². The predicted octanol–water partition coefficient (Wildman–Crippen LogP) is 3.42. The maximum Gasteiger partial charge on any atom is 0.122 e. The molecule has 0 amide bonds. The first kappa shape index (κ1) is 14.0. The number of benzene rings is 2. The molecule has 0 fully saturated rings. The van der Waals surface area contributed by atoms with Gasteiger partial charge in [0.05, 0.1) is 22.3 Å². The Bertz CT molecular complexity index is 705. The first-order valence-electron chi connectivity index (χ1n) is 6.98. The molecule has 1 unspecified atom stereocenters. The summed E-state index contributed by atoms with van der Waals surface area (Å²) in [6.45, 7) is 0. The van der Waals surface area contributed by atoms with E-state index in [4.69, 9.17) is 10.5 Å². The number of hydrogen-bond donors (Lipinski definition) is 1. The maximum absolute atomic E-state index is 6.29. The summed E-state index contributed by atoms with van der Waals surface area (Å²) in [5.41, 5.74) is 8.50. The summed E-state index contributed by atoms with van der Waals surface area (Å²) in [4.78, 5) is 4.64. The van der Waals surface area contributed by atoms with Crippen LogP contribution in [0, 0.1) is 0 Å². The molecule has 0 aliphatic carbocycles. The molecule has 1 atom stereocenters. The molecule has 0 aliphatic heterocycles. The van der Waals surface area contributed by atoms with Gasteiger partial charge in [-0.05, 0) is 30.2 Å². The van der Waals surface area contributed by atoms with Gasteiger partial charge >= 0.3 is 0 Å². The maximum atomic E-state index is 6.29. The van der Waals surface area contributed by atoms with Gasteiger partial charge in [0.2, 0.25) is 0 Å². The van der Waals surface area contributed by atoms with E-state index in [1.54, 1.807) is 18.4 Å². The largest absolute Gasteiger partial charge is 0.496 e. The van der Waals surface area contributed by atoms with Crippen LogP contribution in [0.2, 0.25) is 0 Å². The van der Waals surface area contributed by atoms with Gasteiger partial charge in [0.25, 0.3) is 0 Å². The van der Waals surface area contributed by atoms with Crippen molar-refractivity contribution in [2.24, 2.45) is 5.73 Å². The van der Waals surface area contributed by atoms with Gasteiger partial charge in [0.1, 0.15) is 5.75 Å². The van der Waals surface area contributed by atoms with E-state index in [9.17, 15) is 0 Å². The Morgan fingerprint density at radius 1 is 1.10 bits per heavy atom. The minimum Gasteiger partial charge on any atom is -0.496 e. The van der Waals surface area contributed by atoms with E-state index in [0.29, 0.717) is 0 Å². The number of hydrogen-bond acceptors (Lipinski definition) is 4. The molecule has 3 nitrogen and oxygen atoms in total. The molecular weight excluding hydrogens is 280 g/mol. The van der Waals surface area contributed by atoms with Gasteiger partial charge in [-0.3, -0.25) is 0 Å². The Morgan fingerprint density at radius 3 is 2.67 bits per heavy atom. The van der Waals surface area contributed by atoms with Gasteiger partial charge in [-0.25, -0.2) is 4.98 Å². The molecular formula is C17H18N2OS. The van der Waals surface area contributed by atoms with E-state index in [-0.39, 0.29) is 6.04 Å². The zero-order valence-electron chi connectivity index (χ0n) is 12.0. The molecule has 4 heteroatoms. The highest BCUT2D eigenvalue weighted by atomic mass is 32.1. The summed E-state index contributed by atoms with van der Waals surface area (Å²) in [6.07, 6.45) is 1.58. The van der Waals surface area contributed by atoms with Crippen LogP contribution in [-0.4, -0.2) is 18.1 Å². The van der Waals surface area contributed by atoms with Crippen molar-refractivity contribution >= 4 is 21.6 Å². The molecule has 21 heavy (non-hydrogen) atoms. The number of ether oxygens (including phenoxy) is 1. The molecule has 0 saturated carbocycles. The third-order valence-electron chi connectivity index (χ3n) is 3.45. The van der Waals surface area contributed by atoms with Crippen LogP contribution in [0.5, 0.6) is 5.75 Å². The van der Waals surface area contributed by atoms with Crippen molar-refractivity contribution in [3.8, 4) is 5.75 Å². The van der Waals surface area contributed by atoms with Gasteiger partial charge < -0.3 is 10.5 Å². The van der Waals surface area contributed by atoms with Gasteiger partial charge in [-0.1, -0.05) is 30.3 Å². The smallest absolute Gasteiger partial charge is 0.122 e. The van der Waals surface area contributed by atoms with Gasteiger partial charge in [-0.15, -0.1) is 11.3 Å². The van der Waals surface area contributed by atoms with Crippen LogP contribution in [0.4, 0.5) is 0 Å². The number of para-hydroxylation sites is 2. The van der Waals surface area contributed by atoms with E-state index in [1.165, 1.54) is 4.70 Å². The average molecular weight is 298 g/mol. The number of fused-ring (bicyclic) bond motifs is 1. The molecule has 3 rings (SSSR count). The van der Waals surface area contributed by atoms with Crippen molar-refractivity contribution < 1.29 is 4.74 Å². The lowest BCUT2D eigenvalue weighted by atomic mass is 10.0. The first-order valence-corrected chi connectivity index (χ1v) is 7.80. The number of nitrogens with zero attached hydrogens (tertiary/aromatic N) is 1. The molecule has 0 spiro atoms. The number of aromatic nitrogens is 1. The van der Waals surface area contributed by atoms with E-state index < -0.39 is 0 Å². The molecule has 1 aromatic heterocycles. The molecule has 0 radical (unpaired) electrons. The fourth-order valence-electron chi connectivity index (χ4n) is 2.46. The Kier molecular flexibility index (Phi) is 4.18. The van der Waals surface area contributed by atoms with Crippen LogP contribution in [0.3, 0.4) is 0 Å². The zero-order valence-corrected chi connectivity index (χ0v) is 12.8. The Balaban J connectivity index is 1.72. The monoisotopic (exact) mass is 298 g/mol. The second kappa shape index (κ2) is 6.24. The lowest BCUT2D eigenvalue weighted by Crippen LogP contribution is -2.25. The molecule has 0 saturated heterocycles. The normalized spacial score (nSPS) is 12.5. The Hall–Kier alpha value is -1.91. The Morgan fingerprint density at radius 2 is 1.86 bits per heavy atom. The van der Waals surface area contributed by atoms with Crippen LogP contribution in [0.1, 0.15) is 10.6 Å². The van der Waals surface area contributed by atoms with Crippen molar-refractivity contribution in [1.82, 2.24) is 4.98 Å². The molecule has 3 aromatic rings. The van der Waals surface area contributed by atoms with Crippen molar-refractivity contribution in [3.63, 3.8) is 0 Å². The lowest BCUT2D eigenvalue weighted by Gasteiger charge is -2.12. The Labute approximate surface area is 128 Å². The first-order chi connectivity index (χ1) is 10.3. The van der Waals surface area contributed by atoms with Gasteiger partial charge in [0.15, 0.2) is 0 Å². The highest BCUT2D eigenvalue weighted by molar-refractivity contribution is 7.18. The third kappa shape index (κ3) is 3.23. The topological polar surface area (TPSA) is 48.1 Å². The van der Waals surface area contributed by atoms with Gasteiger partial charge in [0, 0.05) is 12.5 Å². The number of nitrogens with two attached hydrogens (primary N) is 1. The second-order valence-electron chi connectivity index (χ2n) is 5.06. The van der Waals surface area contributed by atoms with Crippen molar-refractivity contribution in [3.05, 3.63) is 59.1 Å². The number of methoxy groups -OCH3 is 1. The quantitative estimate of drug-likeness (QED) is 0.785. The minimum absolute atomic E-state index is 0.0434. The zero-order chi connectivity index (χ0) is 14.7. The lowest BCUT2D eigenvalue weighted by molar-refractivity contribution is 0.408. The second-order valence-corrected chi connectivity index (χ2v) is 6.17. The van der Waals surface area contributed by atoms with Crippen LogP contribution in [0.25, 0.3) is 10.2 Å². The van der Waals surface area contributed by atoms with E-state index in [0.717, 1.165) is 34.7 Å². The van der Waals surface area contributed by atoms with E-state index in [1.807, 2.05) is 36.4 Å². The summed E-state index contributed by atoms with van der Waals surface area (Å²) < 4.78 is 6.60. The van der Waals surface area contributed by atoms with Crippen molar-refractivity contribution in [2.75, 3.05) is 7.11 Å². The summed E-state index contributed by atoms with van der Waals surface area (Å²) in [5, 5.41) is 1.10. The summed E-state index contributed by atoms with van der Waals surface area (Å²) in [7, 11) is 1.69. The van der Waals surface area contributed by atoms with Crippen LogP contribution in [-0.2, 0) is 12.8 Å². The highest BCUT2D eigenvalue weighted by Gasteiger charge is 2.12. The van der Waals surface area contributed by atoms with Crippen LogP contribution < -0.4 is 10.5 Å². The number of rotatable bonds is 5. The summed E-state index contributed by atoms with van der Waals surface area (Å²) in [6, 6.07) is 16.3. The summed E-state index contributed by atoms with van der Waals surface area (Å²) in [5.74, 6) is 0.900. The SMILES string of the molecule is COc1ccccc1CC(N)Cc1nc2ccccc2s1. The predicted molar refractivity (Wildman–Crippen MR) is 88.0 cm³/mol. The molecule has 108 valence electrons. The van der Waals surface area contributed by atoms with Crippen molar-refractivity contribution in [1.29, 1.82) is 0 Å². The molecule has 2 N–H and O–H groups in total. The number of thiazole rings is 1.